The molecule has 1 N–H and O–H groups in total. The van der Waals surface area contributed by atoms with Crippen LogP contribution in [0.2, 0.25) is 0 Å². The summed E-state index contributed by atoms with van der Waals surface area (Å²) in [4.78, 5) is 10.2. The highest BCUT2D eigenvalue weighted by molar-refractivity contribution is 5.86. The van der Waals surface area contributed by atoms with E-state index in [1.54, 1.807) is 32.4 Å². The number of ether oxygens (including phenoxy) is 2. The number of carboxylic acids is 1. The van der Waals surface area contributed by atoms with Gasteiger partial charge in [-0.05, 0) is 17.7 Å². The Bertz CT molecular complexity index is 418. The molecular formula is C12H12O4. The molecule has 0 amide bonds. The lowest BCUT2D eigenvalue weighted by Crippen LogP contribution is -1.92. The average Bonchev–Trinajstić information content (AvgIpc) is 2.28. The fraction of sp³-hybridized carbons (Fsp3) is 0.250. The Kier molecular flexibility index (Phi) is 4.22. The Morgan fingerprint density at radius 2 is 1.81 bits per heavy atom. The zero-order chi connectivity index (χ0) is 12.0. The van der Waals surface area contributed by atoms with Gasteiger partial charge in [-0.2, -0.15) is 0 Å². The third-order valence-corrected chi connectivity index (χ3v) is 1.90. The fourth-order valence-corrected chi connectivity index (χ4v) is 1.19. The Hall–Kier alpha value is -2.15. The van der Waals surface area contributed by atoms with E-state index in [1.807, 2.05) is 0 Å². The molecular weight excluding hydrogens is 208 g/mol. The van der Waals surface area contributed by atoms with E-state index < -0.39 is 5.97 Å². The topological polar surface area (TPSA) is 55.8 Å². The molecule has 0 spiro atoms. The predicted molar refractivity (Wildman–Crippen MR) is 58.7 cm³/mol. The van der Waals surface area contributed by atoms with Gasteiger partial charge in [0.15, 0.2) is 0 Å². The van der Waals surface area contributed by atoms with E-state index in [9.17, 15) is 4.79 Å². The van der Waals surface area contributed by atoms with Gasteiger partial charge in [-0.15, -0.1) is 0 Å². The van der Waals surface area contributed by atoms with E-state index in [2.05, 4.69) is 11.8 Å². The Labute approximate surface area is 93.8 Å². The van der Waals surface area contributed by atoms with Gasteiger partial charge < -0.3 is 14.6 Å². The number of methoxy groups -OCH3 is 2. The van der Waals surface area contributed by atoms with Crippen LogP contribution < -0.4 is 9.47 Å². The fourth-order valence-electron chi connectivity index (χ4n) is 1.19. The van der Waals surface area contributed by atoms with Crippen molar-refractivity contribution in [2.45, 2.75) is 6.42 Å². The van der Waals surface area contributed by atoms with E-state index in [-0.39, 0.29) is 0 Å². The molecule has 84 valence electrons. The summed E-state index contributed by atoms with van der Waals surface area (Å²) in [5.41, 5.74) is 0.852. The largest absolute Gasteiger partial charge is 0.497 e. The van der Waals surface area contributed by atoms with Crippen LogP contribution in [0, 0.1) is 11.8 Å². The second-order valence-corrected chi connectivity index (χ2v) is 3.00. The monoisotopic (exact) mass is 220 g/mol. The maximum atomic E-state index is 10.2. The summed E-state index contributed by atoms with van der Waals surface area (Å²) in [6, 6.07) is 5.33. The van der Waals surface area contributed by atoms with Crippen molar-refractivity contribution in [3.05, 3.63) is 23.8 Å². The number of hydrogen-bond acceptors (Lipinski definition) is 3. The quantitative estimate of drug-likeness (QED) is 0.781. The molecule has 0 aliphatic carbocycles. The summed E-state index contributed by atoms with van der Waals surface area (Å²) in [6.45, 7) is 0. The molecule has 0 radical (unpaired) electrons. The highest BCUT2D eigenvalue weighted by atomic mass is 16.5. The van der Waals surface area contributed by atoms with Gasteiger partial charge in [0.05, 0.1) is 14.2 Å². The summed E-state index contributed by atoms with van der Waals surface area (Å²) in [7, 11) is 3.11. The zero-order valence-electron chi connectivity index (χ0n) is 9.11. The molecule has 1 aromatic rings. The lowest BCUT2D eigenvalue weighted by Gasteiger charge is -2.06. The first-order valence-corrected chi connectivity index (χ1v) is 4.59. The lowest BCUT2D eigenvalue weighted by atomic mass is 10.1. The number of carboxylic acid groups (broad SMARTS) is 1. The molecule has 0 saturated heterocycles. The minimum absolute atomic E-state index is 0.347. The first kappa shape index (κ1) is 11.9. The molecule has 4 heteroatoms. The van der Waals surface area contributed by atoms with Crippen molar-refractivity contribution in [3.8, 4) is 23.3 Å². The highest BCUT2D eigenvalue weighted by Gasteiger charge is 2.00. The van der Waals surface area contributed by atoms with Crippen molar-refractivity contribution in [2.24, 2.45) is 0 Å². The molecule has 0 atom stereocenters. The Morgan fingerprint density at radius 3 is 2.25 bits per heavy atom. The van der Waals surface area contributed by atoms with Gasteiger partial charge in [0.25, 0.3) is 0 Å². The SMILES string of the molecule is COc1cc(CC#CC(=O)O)cc(OC)c1. The molecule has 0 aliphatic rings. The maximum absolute atomic E-state index is 10.2. The van der Waals surface area contributed by atoms with Gasteiger partial charge in [-0.25, -0.2) is 4.79 Å². The van der Waals surface area contributed by atoms with Crippen LogP contribution in [0.5, 0.6) is 11.5 Å². The average molecular weight is 220 g/mol. The first-order valence-electron chi connectivity index (χ1n) is 4.59. The van der Waals surface area contributed by atoms with Gasteiger partial charge in [0.2, 0.25) is 0 Å². The molecule has 0 saturated carbocycles. The van der Waals surface area contributed by atoms with Crippen LogP contribution >= 0.6 is 0 Å². The summed E-state index contributed by atoms with van der Waals surface area (Å²) >= 11 is 0. The number of carbonyl (C=O) groups is 1. The number of aliphatic carboxylic acids is 1. The second kappa shape index (κ2) is 5.66. The van der Waals surface area contributed by atoms with Crippen LogP contribution in [0.1, 0.15) is 5.56 Å². The first-order chi connectivity index (χ1) is 7.65. The molecule has 0 aliphatic heterocycles. The van der Waals surface area contributed by atoms with Crippen molar-refractivity contribution in [3.63, 3.8) is 0 Å². The summed E-state index contributed by atoms with van der Waals surface area (Å²) in [5.74, 6) is 4.78. The van der Waals surface area contributed by atoms with E-state index in [0.29, 0.717) is 17.9 Å². The molecule has 0 aromatic heterocycles. The smallest absolute Gasteiger partial charge is 0.381 e. The van der Waals surface area contributed by atoms with Crippen molar-refractivity contribution in [2.75, 3.05) is 14.2 Å². The highest BCUT2D eigenvalue weighted by Crippen LogP contribution is 2.22. The molecule has 0 unspecified atom stereocenters. The van der Waals surface area contributed by atoms with Crippen LogP contribution in [0.3, 0.4) is 0 Å². The van der Waals surface area contributed by atoms with Crippen molar-refractivity contribution in [1.82, 2.24) is 0 Å². The van der Waals surface area contributed by atoms with E-state index in [1.165, 1.54) is 0 Å². The van der Waals surface area contributed by atoms with Gasteiger partial charge in [-0.1, -0.05) is 5.92 Å². The van der Waals surface area contributed by atoms with E-state index in [4.69, 9.17) is 14.6 Å². The second-order valence-electron chi connectivity index (χ2n) is 3.00. The van der Waals surface area contributed by atoms with Gasteiger partial charge in [0.1, 0.15) is 11.5 Å². The van der Waals surface area contributed by atoms with Crippen LogP contribution in [0.25, 0.3) is 0 Å². The van der Waals surface area contributed by atoms with Crippen LogP contribution in [0.4, 0.5) is 0 Å². The molecule has 1 rings (SSSR count). The number of hydrogen-bond donors (Lipinski definition) is 1. The third kappa shape index (κ3) is 3.54. The Balaban J connectivity index is 2.88. The number of benzene rings is 1. The molecule has 16 heavy (non-hydrogen) atoms. The van der Waals surface area contributed by atoms with Gasteiger partial charge in [0, 0.05) is 18.4 Å². The molecule has 0 fully saturated rings. The Morgan fingerprint density at radius 1 is 1.25 bits per heavy atom. The van der Waals surface area contributed by atoms with Crippen molar-refractivity contribution >= 4 is 5.97 Å². The molecule has 4 nitrogen and oxygen atoms in total. The van der Waals surface area contributed by atoms with Crippen LogP contribution in [0.15, 0.2) is 18.2 Å². The molecule has 0 heterocycles. The maximum Gasteiger partial charge on any atom is 0.381 e. The van der Waals surface area contributed by atoms with Crippen LogP contribution in [-0.2, 0) is 11.2 Å². The van der Waals surface area contributed by atoms with Crippen LogP contribution in [-0.4, -0.2) is 25.3 Å². The van der Waals surface area contributed by atoms with Crippen molar-refractivity contribution in [1.29, 1.82) is 0 Å². The standard InChI is InChI=1S/C12H12O4/c1-15-10-6-9(4-3-5-12(13)14)7-11(8-10)16-2/h6-8H,4H2,1-2H3,(H,13,14). The summed E-state index contributed by atoms with van der Waals surface area (Å²) in [5, 5.41) is 8.37. The minimum atomic E-state index is -1.13. The van der Waals surface area contributed by atoms with E-state index >= 15 is 0 Å². The minimum Gasteiger partial charge on any atom is -0.497 e. The van der Waals surface area contributed by atoms with Gasteiger partial charge >= 0.3 is 5.97 Å². The van der Waals surface area contributed by atoms with Crippen molar-refractivity contribution < 1.29 is 19.4 Å². The molecule has 1 aromatic carbocycles. The summed E-state index contributed by atoms with van der Waals surface area (Å²) < 4.78 is 10.2. The predicted octanol–water partition coefficient (Wildman–Crippen LogP) is 1.33. The molecule has 0 bridgehead atoms. The van der Waals surface area contributed by atoms with E-state index in [0.717, 1.165) is 5.56 Å². The lowest BCUT2D eigenvalue weighted by molar-refractivity contribution is -0.130. The summed E-state index contributed by atoms with van der Waals surface area (Å²) in [6.07, 6.45) is 0.347. The van der Waals surface area contributed by atoms with Gasteiger partial charge in [-0.3, -0.25) is 0 Å². The number of rotatable bonds is 3. The normalized spacial score (nSPS) is 8.88. The third-order valence-electron chi connectivity index (χ3n) is 1.90. The zero-order valence-corrected chi connectivity index (χ0v) is 9.11.